The molecular weight excluding hydrogens is 348 g/mol. The lowest BCUT2D eigenvalue weighted by Gasteiger charge is -2.36. The number of para-hydroxylation sites is 1. The maximum Gasteiger partial charge on any atom is 0.315 e. The summed E-state index contributed by atoms with van der Waals surface area (Å²) in [5.74, 6) is -0.413. The first-order valence-corrected chi connectivity index (χ1v) is 8.71. The summed E-state index contributed by atoms with van der Waals surface area (Å²) in [6, 6.07) is 8.93. The van der Waals surface area contributed by atoms with Gasteiger partial charge in [0.2, 0.25) is 0 Å². The van der Waals surface area contributed by atoms with Crippen LogP contribution in [-0.2, 0) is 4.79 Å². The van der Waals surface area contributed by atoms with E-state index in [2.05, 4.69) is 4.98 Å². The van der Waals surface area contributed by atoms with Gasteiger partial charge in [-0.25, -0.2) is 0 Å². The second-order valence-electron chi connectivity index (χ2n) is 7.06. The monoisotopic (exact) mass is 368 g/mol. The lowest BCUT2D eigenvalue weighted by molar-refractivity contribution is -0.151. The minimum absolute atomic E-state index is 0.00367. The van der Waals surface area contributed by atoms with Gasteiger partial charge in [0.1, 0.15) is 12.0 Å². The number of hydrogen-bond donors (Lipinski definition) is 1. The van der Waals surface area contributed by atoms with Crippen LogP contribution in [0.25, 0.3) is 0 Å². The smallest absolute Gasteiger partial charge is 0.315 e. The number of fused-ring (bicyclic) bond motifs is 3. The molecule has 7 heteroatoms. The van der Waals surface area contributed by atoms with Crippen LogP contribution in [0.5, 0.6) is 11.5 Å². The minimum Gasteiger partial charge on any atom is -0.493 e. The molecule has 7 nitrogen and oxygen atoms in total. The van der Waals surface area contributed by atoms with Crippen LogP contribution in [-0.4, -0.2) is 53.7 Å². The fraction of sp³-hybridized carbons (Fsp3) is 0.350. The van der Waals surface area contributed by atoms with E-state index < -0.39 is 11.4 Å². The van der Waals surface area contributed by atoms with Gasteiger partial charge in [-0.1, -0.05) is 12.1 Å². The Kier molecular flexibility index (Phi) is 4.02. The SMILES string of the molecule is COc1cccc2c1OC[C@]1(C(=O)O)CN(C(=O)c3ccc(C)nc3)C[C@H]21. The Balaban J connectivity index is 1.72. The molecule has 1 aromatic carbocycles. The third kappa shape index (κ3) is 2.61. The Morgan fingerprint density at radius 2 is 2.15 bits per heavy atom. The lowest BCUT2D eigenvalue weighted by Crippen LogP contribution is -2.46. The van der Waals surface area contributed by atoms with Crippen LogP contribution in [0.1, 0.15) is 27.5 Å². The van der Waals surface area contributed by atoms with Gasteiger partial charge < -0.3 is 19.5 Å². The number of carboxylic acid groups (broad SMARTS) is 1. The van der Waals surface area contributed by atoms with Crippen molar-refractivity contribution in [2.24, 2.45) is 5.41 Å². The number of ether oxygens (including phenoxy) is 2. The number of likely N-dealkylation sites (tertiary alicyclic amines) is 1. The summed E-state index contributed by atoms with van der Waals surface area (Å²) in [7, 11) is 1.55. The van der Waals surface area contributed by atoms with E-state index in [1.807, 2.05) is 19.1 Å². The molecule has 3 heterocycles. The molecule has 140 valence electrons. The zero-order chi connectivity index (χ0) is 19.2. The van der Waals surface area contributed by atoms with Crippen molar-refractivity contribution in [3.8, 4) is 11.5 Å². The van der Waals surface area contributed by atoms with Crippen LogP contribution >= 0.6 is 0 Å². The van der Waals surface area contributed by atoms with E-state index >= 15 is 0 Å². The van der Waals surface area contributed by atoms with Crippen molar-refractivity contribution in [1.82, 2.24) is 9.88 Å². The predicted octanol–water partition coefficient (Wildman–Crippen LogP) is 2.10. The summed E-state index contributed by atoms with van der Waals surface area (Å²) in [6.07, 6.45) is 1.53. The molecule has 1 N–H and O–H groups in total. The van der Waals surface area contributed by atoms with E-state index in [9.17, 15) is 14.7 Å². The van der Waals surface area contributed by atoms with Crippen molar-refractivity contribution < 1.29 is 24.2 Å². The number of benzene rings is 1. The Morgan fingerprint density at radius 3 is 2.81 bits per heavy atom. The van der Waals surface area contributed by atoms with Crippen LogP contribution in [0.3, 0.4) is 0 Å². The fourth-order valence-corrected chi connectivity index (χ4v) is 3.99. The zero-order valence-electron chi connectivity index (χ0n) is 15.1. The molecule has 27 heavy (non-hydrogen) atoms. The third-order valence-corrected chi connectivity index (χ3v) is 5.49. The molecule has 0 spiro atoms. The van der Waals surface area contributed by atoms with Crippen LogP contribution in [0, 0.1) is 12.3 Å². The van der Waals surface area contributed by atoms with Crippen molar-refractivity contribution in [3.05, 3.63) is 53.3 Å². The van der Waals surface area contributed by atoms with Crippen molar-refractivity contribution in [2.75, 3.05) is 26.8 Å². The van der Waals surface area contributed by atoms with Crippen molar-refractivity contribution in [3.63, 3.8) is 0 Å². The van der Waals surface area contributed by atoms with Gasteiger partial charge in [-0.05, 0) is 25.1 Å². The summed E-state index contributed by atoms with van der Waals surface area (Å²) in [4.78, 5) is 30.9. The molecule has 1 amide bonds. The van der Waals surface area contributed by atoms with Crippen LogP contribution in [0.4, 0.5) is 0 Å². The highest BCUT2D eigenvalue weighted by Gasteiger charge is 2.58. The Bertz CT molecular complexity index is 911. The van der Waals surface area contributed by atoms with Gasteiger partial charge in [-0.3, -0.25) is 14.6 Å². The highest BCUT2D eigenvalue weighted by Crippen LogP contribution is 2.52. The van der Waals surface area contributed by atoms with Crippen molar-refractivity contribution in [1.29, 1.82) is 0 Å². The number of aromatic nitrogens is 1. The number of aryl methyl sites for hydroxylation is 1. The number of hydrogen-bond acceptors (Lipinski definition) is 5. The summed E-state index contributed by atoms with van der Waals surface area (Å²) < 4.78 is 11.2. The first-order valence-electron chi connectivity index (χ1n) is 8.71. The zero-order valence-corrected chi connectivity index (χ0v) is 15.1. The third-order valence-electron chi connectivity index (χ3n) is 5.49. The second-order valence-corrected chi connectivity index (χ2v) is 7.06. The molecule has 2 atom stereocenters. The average Bonchev–Trinajstić information content (AvgIpc) is 3.09. The van der Waals surface area contributed by atoms with Crippen LogP contribution in [0.2, 0.25) is 0 Å². The topological polar surface area (TPSA) is 89.0 Å². The summed E-state index contributed by atoms with van der Waals surface area (Å²) >= 11 is 0. The van der Waals surface area contributed by atoms with E-state index in [0.717, 1.165) is 11.3 Å². The number of carbonyl (C=O) groups excluding carboxylic acids is 1. The maximum atomic E-state index is 12.9. The Hall–Kier alpha value is -3.09. The van der Waals surface area contributed by atoms with E-state index in [4.69, 9.17) is 9.47 Å². The number of methoxy groups -OCH3 is 1. The number of pyridine rings is 1. The Labute approximate surface area is 156 Å². The van der Waals surface area contributed by atoms with Crippen LogP contribution in [0.15, 0.2) is 36.5 Å². The second kappa shape index (κ2) is 6.26. The Morgan fingerprint density at radius 1 is 1.33 bits per heavy atom. The highest BCUT2D eigenvalue weighted by atomic mass is 16.5. The molecule has 0 bridgehead atoms. The molecule has 1 aromatic heterocycles. The van der Waals surface area contributed by atoms with Gasteiger partial charge in [0.05, 0.1) is 12.7 Å². The van der Waals surface area contributed by atoms with E-state index in [-0.39, 0.29) is 25.0 Å². The van der Waals surface area contributed by atoms with Gasteiger partial charge in [-0.2, -0.15) is 0 Å². The standard InChI is InChI=1S/C20H20N2O5/c1-12-6-7-13(8-21-12)18(23)22-9-15-14-4-3-5-16(26-2)17(14)27-11-20(15,10-22)19(24)25/h3-8,15H,9-11H2,1-2H3,(H,24,25)/t15-,20-/m1/s1. The molecule has 2 aromatic rings. The molecular formula is C20H20N2O5. The molecule has 1 saturated heterocycles. The quantitative estimate of drug-likeness (QED) is 0.893. The number of amides is 1. The van der Waals surface area contributed by atoms with Gasteiger partial charge in [-0.15, -0.1) is 0 Å². The highest BCUT2D eigenvalue weighted by molar-refractivity contribution is 5.95. The van der Waals surface area contributed by atoms with E-state index in [1.54, 1.807) is 30.2 Å². The summed E-state index contributed by atoms with van der Waals surface area (Å²) in [6.45, 7) is 2.24. The minimum atomic E-state index is -1.17. The van der Waals surface area contributed by atoms with Gasteiger partial charge in [0.25, 0.3) is 5.91 Å². The molecule has 4 rings (SSSR count). The first-order chi connectivity index (χ1) is 13.0. The molecule has 1 fully saturated rings. The molecule has 0 saturated carbocycles. The summed E-state index contributed by atoms with van der Waals surface area (Å²) in [5.41, 5.74) is 0.859. The molecule has 0 unspecified atom stereocenters. The lowest BCUT2D eigenvalue weighted by atomic mass is 9.73. The molecule has 0 aliphatic carbocycles. The normalized spacial score (nSPS) is 23.2. The van der Waals surface area contributed by atoms with Gasteiger partial charge >= 0.3 is 5.97 Å². The fourth-order valence-electron chi connectivity index (χ4n) is 3.99. The van der Waals surface area contributed by atoms with Crippen LogP contribution < -0.4 is 9.47 Å². The number of aliphatic carboxylic acids is 1. The van der Waals surface area contributed by atoms with Crippen molar-refractivity contribution >= 4 is 11.9 Å². The van der Waals surface area contributed by atoms with E-state index in [0.29, 0.717) is 23.6 Å². The largest absolute Gasteiger partial charge is 0.493 e. The molecule has 2 aliphatic rings. The average molecular weight is 368 g/mol. The summed E-state index contributed by atoms with van der Waals surface area (Å²) in [5, 5.41) is 10.00. The first kappa shape index (κ1) is 17.3. The number of nitrogens with zero attached hydrogens (tertiary/aromatic N) is 2. The molecule has 2 aliphatic heterocycles. The molecule has 0 radical (unpaired) electrons. The van der Waals surface area contributed by atoms with Crippen molar-refractivity contribution in [2.45, 2.75) is 12.8 Å². The number of carboxylic acids is 1. The van der Waals surface area contributed by atoms with Gasteiger partial charge in [0.15, 0.2) is 11.5 Å². The predicted molar refractivity (Wildman–Crippen MR) is 96.2 cm³/mol. The van der Waals surface area contributed by atoms with Gasteiger partial charge in [0, 0.05) is 36.5 Å². The number of rotatable bonds is 3. The number of carbonyl (C=O) groups is 2. The van der Waals surface area contributed by atoms with E-state index in [1.165, 1.54) is 6.20 Å². The maximum absolute atomic E-state index is 12.9.